The average molecular weight is 680 g/mol. The van der Waals surface area contributed by atoms with Crippen LogP contribution in [0.1, 0.15) is 17.5 Å². The lowest BCUT2D eigenvalue weighted by Crippen LogP contribution is -2.31. The summed E-state index contributed by atoms with van der Waals surface area (Å²) in [6.07, 6.45) is 0.939. The standard InChI is InChI=1S/C36H45N3O6S2/c1-38(2)21-20-30(26-46-33-10-8-7-9-11-33)37-29-14-18-34(19-15-29)47(40,41)39(24-27-12-16-31(42-3)22-35(27)44-5)25-28-13-17-32(43-4)23-36(28)45-6/h7-19,22-23,30,37H,20-21,24-26H2,1-6H3. The summed E-state index contributed by atoms with van der Waals surface area (Å²) < 4.78 is 52.0. The van der Waals surface area contributed by atoms with Crippen molar-refractivity contribution >= 4 is 27.5 Å². The number of ether oxygens (including phenoxy) is 4. The third kappa shape index (κ3) is 10.0. The molecular formula is C36H45N3O6S2. The van der Waals surface area contributed by atoms with Gasteiger partial charge in [-0.15, -0.1) is 11.8 Å². The number of anilines is 1. The molecule has 1 atom stereocenters. The molecule has 1 unspecified atom stereocenters. The monoisotopic (exact) mass is 679 g/mol. The lowest BCUT2D eigenvalue weighted by atomic mass is 10.1. The molecule has 0 saturated heterocycles. The molecule has 0 fully saturated rings. The maximum Gasteiger partial charge on any atom is 0.243 e. The molecule has 0 radical (unpaired) electrons. The van der Waals surface area contributed by atoms with Crippen molar-refractivity contribution in [2.24, 2.45) is 0 Å². The van der Waals surface area contributed by atoms with E-state index in [2.05, 4.69) is 36.4 Å². The van der Waals surface area contributed by atoms with Crippen molar-refractivity contribution < 1.29 is 27.4 Å². The summed E-state index contributed by atoms with van der Waals surface area (Å²) in [4.78, 5) is 3.57. The molecule has 0 heterocycles. The van der Waals surface area contributed by atoms with E-state index < -0.39 is 10.0 Å². The van der Waals surface area contributed by atoms with E-state index in [1.165, 1.54) is 9.20 Å². The minimum atomic E-state index is -3.97. The van der Waals surface area contributed by atoms with E-state index in [1.807, 2.05) is 42.5 Å². The van der Waals surface area contributed by atoms with Crippen molar-refractivity contribution in [1.29, 1.82) is 0 Å². The number of nitrogens with zero attached hydrogens (tertiary/aromatic N) is 2. The zero-order valence-electron chi connectivity index (χ0n) is 27.9. The van der Waals surface area contributed by atoms with Crippen LogP contribution in [0.2, 0.25) is 0 Å². The Balaban J connectivity index is 1.61. The summed E-state index contributed by atoms with van der Waals surface area (Å²) >= 11 is 1.80. The summed E-state index contributed by atoms with van der Waals surface area (Å²) in [6, 6.07) is 28.2. The van der Waals surface area contributed by atoms with E-state index in [4.69, 9.17) is 18.9 Å². The number of methoxy groups -OCH3 is 4. The Morgan fingerprint density at radius 3 is 1.77 bits per heavy atom. The van der Waals surface area contributed by atoms with Gasteiger partial charge in [0.05, 0.1) is 33.3 Å². The van der Waals surface area contributed by atoms with Gasteiger partial charge in [0.25, 0.3) is 0 Å². The molecule has 0 spiro atoms. The summed E-state index contributed by atoms with van der Waals surface area (Å²) in [5.41, 5.74) is 2.26. The lowest BCUT2D eigenvalue weighted by Gasteiger charge is -2.25. The highest BCUT2D eigenvalue weighted by molar-refractivity contribution is 7.99. The Morgan fingerprint density at radius 1 is 0.723 bits per heavy atom. The van der Waals surface area contributed by atoms with Gasteiger partial charge in [-0.1, -0.05) is 30.3 Å². The quantitative estimate of drug-likeness (QED) is 0.116. The van der Waals surface area contributed by atoms with Gasteiger partial charge in [-0.05, 0) is 75.6 Å². The molecule has 11 heteroatoms. The summed E-state index contributed by atoms with van der Waals surface area (Å²) in [6.45, 7) is 1.06. The fraction of sp³-hybridized carbons (Fsp3) is 0.333. The maximum atomic E-state index is 14.3. The van der Waals surface area contributed by atoms with Crippen LogP contribution in [0.25, 0.3) is 0 Å². The van der Waals surface area contributed by atoms with Crippen LogP contribution < -0.4 is 24.3 Å². The Hall–Kier alpha value is -3.90. The molecular weight excluding hydrogens is 635 g/mol. The lowest BCUT2D eigenvalue weighted by molar-refractivity contribution is 0.358. The van der Waals surface area contributed by atoms with Gasteiger partial charge < -0.3 is 29.2 Å². The molecule has 0 saturated carbocycles. The highest BCUT2D eigenvalue weighted by Crippen LogP contribution is 2.32. The highest BCUT2D eigenvalue weighted by atomic mass is 32.2. The van der Waals surface area contributed by atoms with Gasteiger partial charge in [0.1, 0.15) is 23.0 Å². The first-order chi connectivity index (χ1) is 22.7. The predicted molar refractivity (Wildman–Crippen MR) is 190 cm³/mol. The van der Waals surface area contributed by atoms with Gasteiger partial charge >= 0.3 is 0 Å². The Labute approximate surface area is 283 Å². The molecule has 0 bridgehead atoms. The fourth-order valence-corrected chi connectivity index (χ4v) is 7.39. The number of hydrogen-bond acceptors (Lipinski definition) is 9. The Kier molecular flexibility index (Phi) is 13.2. The van der Waals surface area contributed by atoms with Crippen LogP contribution in [0, 0.1) is 0 Å². The van der Waals surface area contributed by atoms with E-state index in [0.29, 0.717) is 34.1 Å². The molecule has 9 nitrogen and oxygen atoms in total. The van der Waals surface area contributed by atoms with E-state index in [1.54, 1.807) is 76.6 Å². The largest absolute Gasteiger partial charge is 0.497 e. The van der Waals surface area contributed by atoms with E-state index >= 15 is 0 Å². The minimum Gasteiger partial charge on any atom is -0.497 e. The zero-order valence-corrected chi connectivity index (χ0v) is 29.6. The third-order valence-corrected chi connectivity index (χ3v) is 10.6. The molecule has 1 N–H and O–H groups in total. The van der Waals surface area contributed by atoms with Crippen molar-refractivity contribution in [3.8, 4) is 23.0 Å². The van der Waals surface area contributed by atoms with Gasteiger partial charge in [-0.25, -0.2) is 8.42 Å². The van der Waals surface area contributed by atoms with Crippen molar-refractivity contribution in [2.75, 3.05) is 60.1 Å². The summed E-state index contributed by atoms with van der Waals surface area (Å²) in [5.74, 6) is 3.17. The maximum absolute atomic E-state index is 14.3. The van der Waals surface area contributed by atoms with Crippen LogP contribution >= 0.6 is 11.8 Å². The van der Waals surface area contributed by atoms with Crippen molar-refractivity contribution in [3.63, 3.8) is 0 Å². The number of benzene rings is 4. The number of sulfonamides is 1. The normalized spacial score (nSPS) is 12.2. The summed E-state index contributed by atoms with van der Waals surface area (Å²) in [7, 11) is 6.42. The highest BCUT2D eigenvalue weighted by Gasteiger charge is 2.27. The second-order valence-electron chi connectivity index (χ2n) is 11.2. The third-order valence-electron chi connectivity index (χ3n) is 7.66. The molecule has 0 aliphatic heterocycles. The van der Waals surface area contributed by atoms with Crippen LogP contribution in [0.5, 0.6) is 23.0 Å². The topological polar surface area (TPSA) is 89.6 Å². The van der Waals surface area contributed by atoms with Gasteiger partial charge in [0.2, 0.25) is 10.0 Å². The molecule has 4 aromatic carbocycles. The SMILES string of the molecule is COc1ccc(CN(Cc2ccc(OC)cc2OC)S(=O)(=O)c2ccc(NC(CCN(C)C)CSc3ccccc3)cc2)c(OC)c1. The fourth-order valence-electron chi connectivity index (χ4n) is 5.00. The number of hydrogen-bond donors (Lipinski definition) is 1. The first-order valence-corrected chi connectivity index (χ1v) is 17.7. The van der Waals surface area contributed by atoms with E-state index in [0.717, 1.165) is 24.4 Å². The molecule has 4 aromatic rings. The molecule has 252 valence electrons. The van der Waals surface area contributed by atoms with Crippen LogP contribution in [-0.2, 0) is 23.1 Å². The molecule has 0 aromatic heterocycles. The van der Waals surface area contributed by atoms with Crippen molar-refractivity contribution in [1.82, 2.24) is 9.21 Å². The first-order valence-electron chi connectivity index (χ1n) is 15.3. The van der Waals surface area contributed by atoms with Gasteiger partial charge in [0.15, 0.2) is 0 Å². The Bertz CT molecular complexity index is 1610. The number of thioether (sulfide) groups is 1. The molecule has 0 aliphatic rings. The number of rotatable bonds is 18. The van der Waals surface area contributed by atoms with E-state index in [9.17, 15) is 8.42 Å². The van der Waals surface area contributed by atoms with Crippen molar-refractivity contribution in [2.45, 2.75) is 35.3 Å². The predicted octanol–water partition coefficient (Wildman–Crippen LogP) is 6.64. The molecule has 0 aliphatic carbocycles. The molecule has 47 heavy (non-hydrogen) atoms. The first kappa shape index (κ1) is 35.9. The van der Waals surface area contributed by atoms with E-state index in [-0.39, 0.29) is 24.0 Å². The van der Waals surface area contributed by atoms with Gasteiger partial charge in [-0.2, -0.15) is 4.31 Å². The smallest absolute Gasteiger partial charge is 0.243 e. The second-order valence-corrected chi connectivity index (χ2v) is 14.2. The summed E-state index contributed by atoms with van der Waals surface area (Å²) in [5, 5.41) is 3.63. The van der Waals surface area contributed by atoms with Crippen LogP contribution in [0.3, 0.4) is 0 Å². The number of nitrogens with one attached hydrogen (secondary N) is 1. The van der Waals surface area contributed by atoms with Crippen LogP contribution in [0.4, 0.5) is 5.69 Å². The minimum absolute atomic E-state index is 0.0635. The van der Waals surface area contributed by atoms with Crippen molar-refractivity contribution in [3.05, 3.63) is 102 Å². The zero-order chi connectivity index (χ0) is 33.8. The molecule has 0 amide bonds. The van der Waals surface area contributed by atoms with Gasteiger partial charge in [0, 0.05) is 58.7 Å². The van der Waals surface area contributed by atoms with Gasteiger partial charge in [-0.3, -0.25) is 0 Å². The average Bonchev–Trinajstić information content (AvgIpc) is 3.09. The second kappa shape index (κ2) is 17.3. The van der Waals surface area contributed by atoms with Crippen LogP contribution in [-0.4, -0.2) is 78.5 Å². The molecule has 4 rings (SSSR count). The van der Waals surface area contributed by atoms with Crippen LogP contribution in [0.15, 0.2) is 101 Å². The Morgan fingerprint density at radius 2 is 1.28 bits per heavy atom.